The number of alkyl halides is 3. The van der Waals surface area contributed by atoms with E-state index in [0.29, 0.717) is 39.3 Å². The minimum atomic E-state index is -4.31. The predicted molar refractivity (Wildman–Crippen MR) is 148 cm³/mol. The van der Waals surface area contributed by atoms with Gasteiger partial charge in [0.05, 0.1) is 47.7 Å². The molecule has 0 atom stereocenters. The summed E-state index contributed by atoms with van der Waals surface area (Å²) < 4.78 is 70.5. The van der Waals surface area contributed by atoms with Crippen molar-refractivity contribution in [3.63, 3.8) is 0 Å². The average Bonchev–Trinajstić information content (AvgIpc) is 3.61. The number of hydrogen-bond donors (Lipinski definition) is 3. The summed E-state index contributed by atoms with van der Waals surface area (Å²) in [6, 6.07) is 8.50. The van der Waals surface area contributed by atoms with Gasteiger partial charge in [-0.05, 0) is 67.9 Å². The van der Waals surface area contributed by atoms with Crippen molar-refractivity contribution < 1.29 is 31.4 Å². The van der Waals surface area contributed by atoms with Crippen LogP contribution in [0.1, 0.15) is 37.7 Å². The van der Waals surface area contributed by atoms with Gasteiger partial charge in [-0.1, -0.05) is 0 Å². The van der Waals surface area contributed by atoms with Crippen LogP contribution in [-0.4, -0.2) is 61.7 Å². The van der Waals surface area contributed by atoms with Gasteiger partial charge < -0.3 is 20.1 Å². The topological polar surface area (TPSA) is 117 Å². The number of aliphatic hydroxyl groups excluding tert-OH is 1. The number of aryl methyl sites for hydroxylation is 1. The number of sulfonamides is 1. The maximum Gasteiger partial charge on any atom is 0.392 e. The van der Waals surface area contributed by atoms with Crippen molar-refractivity contribution in [2.24, 2.45) is 5.41 Å². The first-order valence-corrected chi connectivity index (χ1v) is 14.8. The monoisotopic (exact) mass is 579 g/mol. The predicted octanol–water partition coefficient (Wildman–Crippen LogP) is 5.13. The number of piperidine rings is 1. The van der Waals surface area contributed by atoms with Crippen molar-refractivity contribution in [1.29, 1.82) is 0 Å². The number of benzene rings is 2. The molecule has 1 spiro atoms. The Morgan fingerprint density at radius 2 is 1.80 bits per heavy atom. The van der Waals surface area contributed by atoms with Gasteiger partial charge in [0.25, 0.3) is 0 Å². The van der Waals surface area contributed by atoms with Crippen molar-refractivity contribution in [2.75, 3.05) is 47.0 Å². The molecular weight excluding hydrogens is 547 g/mol. The molecule has 1 aliphatic heterocycles. The summed E-state index contributed by atoms with van der Waals surface area (Å²) in [5.41, 5.74) is 3.41. The molecule has 216 valence electrons. The molecule has 1 aliphatic carbocycles. The van der Waals surface area contributed by atoms with Crippen LogP contribution in [0.4, 0.5) is 36.1 Å². The summed E-state index contributed by atoms with van der Waals surface area (Å²) in [4.78, 5) is 11.1. The first kappa shape index (κ1) is 28.2. The first-order valence-electron chi connectivity index (χ1n) is 13.2. The lowest BCUT2D eigenvalue weighted by Gasteiger charge is -2.35. The van der Waals surface area contributed by atoms with Crippen molar-refractivity contribution in [3.8, 4) is 5.75 Å². The van der Waals surface area contributed by atoms with Gasteiger partial charge in [0.15, 0.2) is 0 Å². The fourth-order valence-electron chi connectivity index (χ4n) is 5.15. The van der Waals surface area contributed by atoms with Crippen LogP contribution >= 0.6 is 0 Å². The molecule has 2 aromatic carbocycles. The maximum atomic E-state index is 12.6. The Kier molecular flexibility index (Phi) is 7.71. The lowest BCUT2D eigenvalue weighted by atomic mass is 9.93. The smallest absolute Gasteiger partial charge is 0.392 e. The van der Waals surface area contributed by atoms with E-state index in [9.17, 15) is 21.6 Å². The number of hydrogen-bond acceptors (Lipinski definition) is 8. The van der Waals surface area contributed by atoms with E-state index in [1.54, 1.807) is 24.3 Å². The van der Waals surface area contributed by atoms with Gasteiger partial charge in [0.2, 0.25) is 10.0 Å². The van der Waals surface area contributed by atoms with E-state index in [2.05, 4.69) is 24.9 Å². The highest BCUT2D eigenvalue weighted by Crippen LogP contribution is 2.54. The molecule has 3 aromatic rings. The van der Waals surface area contributed by atoms with Crippen LogP contribution in [-0.2, 0) is 10.0 Å². The van der Waals surface area contributed by atoms with Gasteiger partial charge in [0.1, 0.15) is 17.9 Å². The highest BCUT2D eigenvalue weighted by Gasteiger charge is 2.44. The molecule has 2 aliphatic rings. The zero-order valence-corrected chi connectivity index (χ0v) is 22.9. The Balaban J connectivity index is 1.49. The quantitative estimate of drug-likeness (QED) is 0.303. The number of nitrogens with zero attached hydrogens (tertiary/aromatic N) is 3. The number of anilines is 4. The van der Waals surface area contributed by atoms with Crippen molar-refractivity contribution in [2.45, 2.75) is 45.2 Å². The SMILES string of the molecule is Cc1cc(Nc2ncnc3cc(NS(=O)(=O)CCO)cc(N4CCC5(CC4)CC5)c23)cc(OCCC(F)(F)F)c1. The van der Waals surface area contributed by atoms with Crippen LogP contribution in [0.15, 0.2) is 36.7 Å². The molecule has 9 nitrogen and oxygen atoms in total. The second kappa shape index (κ2) is 10.9. The molecule has 0 amide bonds. The van der Waals surface area contributed by atoms with Crippen LogP contribution in [0.3, 0.4) is 0 Å². The molecule has 13 heteroatoms. The normalized spacial score (nSPS) is 16.8. The van der Waals surface area contributed by atoms with Gasteiger partial charge in [0, 0.05) is 24.8 Å². The molecule has 0 unspecified atom stereocenters. The fourth-order valence-corrected chi connectivity index (χ4v) is 5.97. The van der Waals surface area contributed by atoms with Crippen molar-refractivity contribution in [3.05, 3.63) is 42.2 Å². The third kappa shape index (κ3) is 6.87. The second-order valence-electron chi connectivity index (χ2n) is 10.6. The van der Waals surface area contributed by atoms with E-state index in [0.717, 1.165) is 37.2 Å². The lowest BCUT2D eigenvalue weighted by molar-refractivity contribution is -0.139. The van der Waals surface area contributed by atoms with E-state index >= 15 is 0 Å². The third-order valence-corrected chi connectivity index (χ3v) is 8.71. The number of fused-ring (bicyclic) bond motifs is 1. The minimum absolute atomic E-state index is 0.302. The van der Waals surface area contributed by atoms with Crippen LogP contribution < -0.4 is 19.7 Å². The fraction of sp³-hybridized carbons (Fsp3) is 0.481. The van der Waals surface area contributed by atoms with Crippen molar-refractivity contribution >= 4 is 43.8 Å². The van der Waals surface area contributed by atoms with E-state index in [1.807, 2.05) is 13.0 Å². The molecule has 40 heavy (non-hydrogen) atoms. The molecule has 1 saturated heterocycles. The van der Waals surface area contributed by atoms with Crippen molar-refractivity contribution in [1.82, 2.24) is 9.97 Å². The largest absolute Gasteiger partial charge is 0.493 e. The summed E-state index contributed by atoms with van der Waals surface area (Å²) in [7, 11) is -3.76. The van der Waals surface area contributed by atoms with Gasteiger partial charge in [-0.15, -0.1) is 0 Å². The Morgan fingerprint density at radius 3 is 2.48 bits per heavy atom. The maximum absolute atomic E-state index is 12.6. The molecule has 2 heterocycles. The zero-order chi connectivity index (χ0) is 28.5. The Morgan fingerprint density at radius 1 is 1.05 bits per heavy atom. The molecule has 1 aromatic heterocycles. The molecule has 1 saturated carbocycles. The molecule has 0 radical (unpaired) electrons. The summed E-state index contributed by atoms with van der Waals surface area (Å²) in [5.74, 6) is 0.351. The van der Waals surface area contributed by atoms with Gasteiger partial charge >= 0.3 is 6.18 Å². The number of ether oxygens (including phenoxy) is 1. The van der Waals surface area contributed by atoms with Crippen LogP contribution in [0.25, 0.3) is 10.9 Å². The van der Waals surface area contributed by atoms with Crippen LogP contribution in [0.5, 0.6) is 5.75 Å². The molecule has 3 N–H and O–H groups in total. The van der Waals surface area contributed by atoms with E-state index in [-0.39, 0.29) is 0 Å². The zero-order valence-electron chi connectivity index (χ0n) is 22.1. The van der Waals surface area contributed by atoms with Gasteiger partial charge in [-0.3, -0.25) is 4.72 Å². The second-order valence-corrected chi connectivity index (χ2v) is 12.5. The van der Waals surface area contributed by atoms with Gasteiger partial charge in [-0.25, -0.2) is 18.4 Å². The standard InChI is InChI=1S/C27H32F3N5O4S/c1-18-12-19(14-21(13-18)39-10-6-27(28,29)30)33-25-24-22(31-17-32-25)15-20(34-40(37,38)11-9-36)16-23(24)35-7-4-26(2-3-26)5-8-35/h12-17,34,36H,2-11H2,1H3,(H,31,32,33). The first-order chi connectivity index (χ1) is 18.9. The Labute approximate surface area is 230 Å². The lowest BCUT2D eigenvalue weighted by Crippen LogP contribution is -2.34. The molecular formula is C27H32F3N5O4S. The number of rotatable bonds is 10. The molecule has 0 bridgehead atoms. The number of halogens is 3. The summed E-state index contributed by atoms with van der Waals surface area (Å²) in [6.45, 7) is 2.43. The van der Waals surface area contributed by atoms with Crippen LogP contribution in [0.2, 0.25) is 0 Å². The van der Waals surface area contributed by atoms with Crippen LogP contribution in [0, 0.1) is 12.3 Å². The minimum Gasteiger partial charge on any atom is -0.493 e. The average molecular weight is 580 g/mol. The van der Waals surface area contributed by atoms with E-state index in [4.69, 9.17) is 9.84 Å². The Bertz CT molecular complexity index is 1490. The van der Waals surface area contributed by atoms with E-state index < -0.39 is 41.6 Å². The molecule has 2 fully saturated rings. The number of aliphatic hydroxyl groups is 1. The van der Waals surface area contributed by atoms with E-state index in [1.165, 1.54) is 19.2 Å². The van der Waals surface area contributed by atoms with Gasteiger partial charge in [-0.2, -0.15) is 13.2 Å². The summed E-state index contributed by atoms with van der Waals surface area (Å²) >= 11 is 0. The molecule has 5 rings (SSSR count). The highest BCUT2D eigenvalue weighted by atomic mass is 32.2. The number of aromatic nitrogens is 2. The summed E-state index contributed by atoms with van der Waals surface area (Å²) in [5, 5.41) is 13.1. The number of nitrogens with one attached hydrogen (secondary N) is 2. The third-order valence-electron chi connectivity index (χ3n) is 7.44. The Hall–Kier alpha value is -3.32. The highest BCUT2D eigenvalue weighted by molar-refractivity contribution is 7.92. The summed E-state index contributed by atoms with van der Waals surface area (Å²) in [6.07, 6.45) is 0.569.